The first kappa shape index (κ1) is 19.3. The van der Waals surface area contributed by atoms with E-state index in [2.05, 4.69) is 11.1 Å². The summed E-state index contributed by atoms with van der Waals surface area (Å²) < 4.78 is 17.0. The fraction of sp³-hybridized carbons (Fsp3) is 0.200. The third-order valence-electron chi connectivity index (χ3n) is 5.76. The normalized spacial score (nSPS) is 15.4. The molecule has 0 radical (unpaired) electrons. The van der Waals surface area contributed by atoms with E-state index >= 15 is 0 Å². The number of nitrogens with zero attached hydrogens (tertiary/aromatic N) is 1. The Morgan fingerprint density at radius 3 is 2.61 bits per heavy atom. The van der Waals surface area contributed by atoms with Gasteiger partial charge >= 0.3 is 5.63 Å². The zero-order valence-electron chi connectivity index (χ0n) is 17.5. The van der Waals surface area contributed by atoms with E-state index in [0.717, 1.165) is 52.2 Å². The van der Waals surface area contributed by atoms with Gasteiger partial charge in [0.25, 0.3) is 0 Å². The highest BCUT2D eigenvalue weighted by Crippen LogP contribution is 2.36. The number of fused-ring (bicyclic) bond motifs is 2. The summed E-state index contributed by atoms with van der Waals surface area (Å²) in [5.41, 5.74) is 5.19. The van der Waals surface area contributed by atoms with Crippen LogP contribution in [0.3, 0.4) is 0 Å². The predicted octanol–water partition coefficient (Wildman–Crippen LogP) is 3.11. The van der Waals surface area contributed by atoms with E-state index in [9.17, 15) is 4.79 Å². The van der Waals surface area contributed by atoms with E-state index in [1.165, 1.54) is 10.5 Å². The number of quaternary nitrogens is 1. The minimum atomic E-state index is -0.373. The van der Waals surface area contributed by atoms with Gasteiger partial charge in [0.05, 0.1) is 7.11 Å². The quantitative estimate of drug-likeness (QED) is 0.519. The predicted molar refractivity (Wildman–Crippen MR) is 117 cm³/mol. The number of ether oxygens (including phenoxy) is 2. The Kier molecular flexibility index (Phi) is 4.92. The highest BCUT2D eigenvalue weighted by Gasteiger charge is 2.25. The molecule has 4 aromatic rings. The van der Waals surface area contributed by atoms with Crippen molar-refractivity contribution in [2.24, 2.45) is 0 Å². The summed E-state index contributed by atoms with van der Waals surface area (Å²) in [7, 11) is 1.64. The van der Waals surface area contributed by atoms with Crippen LogP contribution in [-0.4, -0.2) is 18.8 Å². The molecule has 156 valence electrons. The molecule has 31 heavy (non-hydrogen) atoms. The Hall–Kier alpha value is -3.64. The highest BCUT2D eigenvalue weighted by atomic mass is 16.5. The monoisotopic (exact) mass is 415 g/mol. The van der Waals surface area contributed by atoms with E-state index in [1.807, 2.05) is 55.7 Å². The number of nitrogens with one attached hydrogen (secondary N) is 1. The summed E-state index contributed by atoms with van der Waals surface area (Å²) in [4.78, 5) is 17.7. The minimum absolute atomic E-state index is 0.373. The van der Waals surface area contributed by atoms with Gasteiger partial charge in [-0.2, -0.15) is 0 Å². The van der Waals surface area contributed by atoms with Crippen molar-refractivity contribution >= 4 is 11.0 Å². The van der Waals surface area contributed by atoms with Crippen LogP contribution in [0.4, 0.5) is 0 Å². The summed E-state index contributed by atoms with van der Waals surface area (Å²) in [6, 6.07) is 15.4. The summed E-state index contributed by atoms with van der Waals surface area (Å²) in [6.07, 6.45) is 3.63. The SMILES string of the molecule is COc1ccc(-c2cc(=O)oc3c(C)c4c(cc23)C[NH+](Cc2ccncc2)CO4)cc1. The van der Waals surface area contributed by atoms with Crippen LogP contribution in [0.5, 0.6) is 11.5 Å². The van der Waals surface area contributed by atoms with E-state index in [4.69, 9.17) is 13.9 Å². The topological polar surface area (TPSA) is 66.0 Å². The highest BCUT2D eigenvalue weighted by molar-refractivity contribution is 5.96. The first-order valence-corrected chi connectivity index (χ1v) is 10.2. The van der Waals surface area contributed by atoms with Gasteiger partial charge in [0, 0.05) is 40.5 Å². The molecular weight excluding hydrogens is 392 g/mol. The van der Waals surface area contributed by atoms with Crippen molar-refractivity contribution in [3.8, 4) is 22.6 Å². The number of hydrogen-bond donors (Lipinski definition) is 1. The van der Waals surface area contributed by atoms with Gasteiger partial charge in [-0.25, -0.2) is 4.79 Å². The summed E-state index contributed by atoms with van der Waals surface area (Å²) in [6.45, 7) is 4.20. The first-order valence-electron chi connectivity index (χ1n) is 10.2. The second-order valence-electron chi connectivity index (χ2n) is 7.82. The molecule has 2 aromatic carbocycles. The second kappa shape index (κ2) is 7.89. The number of rotatable bonds is 4. The molecule has 0 fully saturated rings. The fourth-order valence-electron chi connectivity index (χ4n) is 4.25. The maximum atomic E-state index is 12.3. The Balaban J connectivity index is 1.58. The molecule has 0 saturated heterocycles. The molecule has 0 spiro atoms. The maximum Gasteiger partial charge on any atom is 0.336 e. The van der Waals surface area contributed by atoms with E-state index in [1.54, 1.807) is 13.2 Å². The Bertz CT molecular complexity index is 1300. The maximum absolute atomic E-state index is 12.3. The van der Waals surface area contributed by atoms with Gasteiger partial charge in [0.2, 0.25) is 6.73 Å². The average Bonchev–Trinajstić information content (AvgIpc) is 2.80. The van der Waals surface area contributed by atoms with Crippen molar-refractivity contribution in [1.29, 1.82) is 0 Å². The number of aryl methyl sites for hydroxylation is 1. The van der Waals surface area contributed by atoms with Crippen LogP contribution < -0.4 is 20.0 Å². The van der Waals surface area contributed by atoms with Gasteiger partial charge in [-0.3, -0.25) is 9.88 Å². The van der Waals surface area contributed by atoms with Crippen LogP contribution in [-0.2, 0) is 13.1 Å². The largest absolute Gasteiger partial charge is 0.497 e. The van der Waals surface area contributed by atoms with Gasteiger partial charge in [-0.1, -0.05) is 12.1 Å². The lowest BCUT2D eigenvalue weighted by atomic mass is 9.97. The number of aromatic nitrogens is 1. The number of benzene rings is 2. The lowest BCUT2D eigenvalue weighted by molar-refractivity contribution is -0.945. The summed E-state index contributed by atoms with van der Waals surface area (Å²) >= 11 is 0. The smallest absolute Gasteiger partial charge is 0.336 e. The molecule has 0 bridgehead atoms. The molecule has 5 rings (SSSR count). The molecule has 1 N–H and O–H groups in total. The lowest BCUT2D eigenvalue weighted by Gasteiger charge is -2.27. The molecule has 6 nitrogen and oxygen atoms in total. The van der Waals surface area contributed by atoms with Crippen LogP contribution in [0.1, 0.15) is 16.7 Å². The van der Waals surface area contributed by atoms with Gasteiger partial charge in [-0.05, 0) is 48.4 Å². The second-order valence-corrected chi connectivity index (χ2v) is 7.82. The van der Waals surface area contributed by atoms with E-state index in [-0.39, 0.29) is 5.63 Å². The van der Waals surface area contributed by atoms with Crippen molar-refractivity contribution < 1.29 is 18.8 Å². The van der Waals surface area contributed by atoms with E-state index in [0.29, 0.717) is 12.3 Å². The number of hydrogen-bond acceptors (Lipinski definition) is 5. The average molecular weight is 415 g/mol. The molecule has 1 unspecified atom stereocenters. The van der Waals surface area contributed by atoms with Gasteiger partial charge in [0.15, 0.2) is 0 Å². The summed E-state index contributed by atoms with van der Waals surface area (Å²) in [5.74, 6) is 1.59. The van der Waals surface area contributed by atoms with Gasteiger partial charge in [0.1, 0.15) is 30.2 Å². The molecule has 2 aromatic heterocycles. The first-order chi connectivity index (χ1) is 15.1. The van der Waals surface area contributed by atoms with Crippen molar-refractivity contribution in [2.45, 2.75) is 20.0 Å². The van der Waals surface area contributed by atoms with Crippen molar-refractivity contribution in [1.82, 2.24) is 4.98 Å². The molecule has 0 amide bonds. The minimum Gasteiger partial charge on any atom is -0.497 e. The number of pyridine rings is 1. The third-order valence-corrected chi connectivity index (χ3v) is 5.76. The Morgan fingerprint density at radius 2 is 1.87 bits per heavy atom. The fourth-order valence-corrected chi connectivity index (χ4v) is 4.25. The van der Waals surface area contributed by atoms with Crippen LogP contribution >= 0.6 is 0 Å². The third kappa shape index (κ3) is 3.66. The standard InChI is InChI=1S/C25H22N2O4/c1-16-24-19(14-27(15-30-24)13-17-7-9-26-10-8-17)11-22-21(12-23(28)31-25(16)22)18-3-5-20(29-2)6-4-18/h3-12H,13-15H2,1-2H3/p+1. The van der Waals surface area contributed by atoms with Gasteiger partial charge in [-0.15, -0.1) is 0 Å². The van der Waals surface area contributed by atoms with E-state index < -0.39 is 0 Å². The molecule has 1 aliphatic rings. The Labute approximate surface area is 179 Å². The molecule has 1 atom stereocenters. The van der Waals surface area contributed by atoms with Crippen molar-refractivity contribution in [3.63, 3.8) is 0 Å². The molecule has 6 heteroatoms. The van der Waals surface area contributed by atoms with Crippen LogP contribution in [0.25, 0.3) is 22.1 Å². The van der Waals surface area contributed by atoms with Crippen molar-refractivity contribution in [2.75, 3.05) is 13.8 Å². The van der Waals surface area contributed by atoms with Crippen molar-refractivity contribution in [3.05, 3.63) is 88.0 Å². The molecular formula is C25H23N2O4+. The molecule has 1 aliphatic heterocycles. The molecule has 0 aliphatic carbocycles. The summed E-state index contributed by atoms with van der Waals surface area (Å²) in [5, 5.41) is 0.912. The zero-order valence-corrected chi connectivity index (χ0v) is 17.5. The zero-order chi connectivity index (χ0) is 21.4. The molecule has 0 saturated carbocycles. The number of methoxy groups -OCH3 is 1. The Morgan fingerprint density at radius 1 is 1.10 bits per heavy atom. The van der Waals surface area contributed by atoms with Crippen LogP contribution in [0.15, 0.2) is 70.1 Å². The van der Waals surface area contributed by atoms with Crippen LogP contribution in [0.2, 0.25) is 0 Å². The van der Waals surface area contributed by atoms with Crippen LogP contribution in [0, 0.1) is 6.92 Å². The lowest BCUT2D eigenvalue weighted by Crippen LogP contribution is -3.10. The molecule has 3 heterocycles. The van der Waals surface area contributed by atoms with Gasteiger partial charge < -0.3 is 13.9 Å².